The summed E-state index contributed by atoms with van der Waals surface area (Å²) in [4.78, 5) is 23.4. The lowest BCUT2D eigenvalue weighted by molar-refractivity contribution is 0.0698. The minimum atomic E-state index is -3.20. The van der Waals surface area contributed by atoms with E-state index in [1.165, 1.54) is 4.68 Å². The van der Waals surface area contributed by atoms with Crippen molar-refractivity contribution in [3.8, 4) is 0 Å². The Morgan fingerprint density at radius 2 is 2.04 bits per heavy atom. The van der Waals surface area contributed by atoms with Gasteiger partial charge in [0.25, 0.3) is 0 Å². The molecule has 1 aromatic carbocycles. The van der Waals surface area contributed by atoms with Crippen LogP contribution in [0.4, 0.5) is 10.6 Å². The fourth-order valence-corrected chi connectivity index (χ4v) is 4.44. The molecule has 0 spiro atoms. The number of carbonyl (C=O) groups is 2. The van der Waals surface area contributed by atoms with Gasteiger partial charge in [-0.05, 0) is 12.0 Å². The number of ether oxygens (including phenoxy) is 1. The van der Waals surface area contributed by atoms with Crippen LogP contribution in [-0.2, 0) is 21.2 Å². The minimum absolute atomic E-state index is 0.00216. The molecule has 3 rings (SSSR count). The maximum absolute atomic E-state index is 12.1. The number of aromatic carboxylic acids is 1. The molecule has 2 aromatic rings. The zero-order valence-corrected chi connectivity index (χ0v) is 14.5. The van der Waals surface area contributed by atoms with E-state index in [1.54, 1.807) is 24.3 Å². The fraction of sp³-hybridized carbons (Fsp3) is 0.312. The first-order chi connectivity index (χ1) is 12.4. The van der Waals surface area contributed by atoms with Gasteiger partial charge in [0.2, 0.25) is 0 Å². The lowest BCUT2D eigenvalue weighted by Crippen LogP contribution is -2.21. The Kier molecular flexibility index (Phi) is 4.94. The van der Waals surface area contributed by atoms with Crippen molar-refractivity contribution < 1.29 is 27.9 Å². The molecule has 1 saturated heterocycles. The van der Waals surface area contributed by atoms with E-state index in [9.17, 15) is 23.1 Å². The number of carboxylic acid groups (broad SMARTS) is 1. The predicted molar refractivity (Wildman–Crippen MR) is 91.7 cm³/mol. The average molecular weight is 379 g/mol. The van der Waals surface area contributed by atoms with E-state index in [1.807, 2.05) is 6.07 Å². The molecule has 1 fully saturated rings. The van der Waals surface area contributed by atoms with Gasteiger partial charge < -0.3 is 9.84 Å². The number of sulfone groups is 1. The van der Waals surface area contributed by atoms with Gasteiger partial charge in [0.1, 0.15) is 18.0 Å². The molecule has 0 radical (unpaired) electrons. The van der Waals surface area contributed by atoms with Gasteiger partial charge in [-0.1, -0.05) is 30.3 Å². The molecule has 2 N–H and O–H groups in total. The number of aromatic nitrogens is 2. The Hall–Kier alpha value is -2.88. The largest absolute Gasteiger partial charge is 0.477 e. The van der Waals surface area contributed by atoms with Crippen molar-refractivity contribution in [2.24, 2.45) is 0 Å². The monoisotopic (exact) mass is 379 g/mol. The van der Waals surface area contributed by atoms with Gasteiger partial charge in [-0.15, -0.1) is 0 Å². The molecule has 2 heterocycles. The molecular weight excluding hydrogens is 362 g/mol. The van der Waals surface area contributed by atoms with Crippen LogP contribution in [-0.4, -0.2) is 46.9 Å². The Balaban J connectivity index is 1.76. The summed E-state index contributed by atoms with van der Waals surface area (Å²) >= 11 is 0. The normalized spacial score (nSPS) is 18.4. The zero-order chi connectivity index (χ0) is 18.7. The summed E-state index contributed by atoms with van der Waals surface area (Å²) in [5, 5.41) is 15.6. The molecule has 1 unspecified atom stereocenters. The molecule has 26 heavy (non-hydrogen) atoms. The highest BCUT2D eigenvalue weighted by Crippen LogP contribution is 2.28. The molecule has 0 bridgehead atoms. The van der Waals surface area contributed by atoms with Gasteiger partial charge in [0, 0.05) is 0 Å². The van der Waals surface area contributed by atoms with Crippen molar-refractivity contribution in [1.29, 1.82) is 0 Å². The second kappa shape index (κ2) is 7.16. The zero-order valence-electron chi connectivity index (χ0n) is 13.7. The van der Waals surface area contributed by atoms with Crippen LogP contribution in [0, 0.1) is 0 Å². The standard InChI is InChI=1S/C16H17N3O6S/c20-15(21)13-8-17-19(12-6-7-26(23,24)10-12)14(13)18-16(22)25-9-11-4-2-1-3-5-11/h1-5,8,12H,6-7,9-10H2,(H,18,22)(H,20,21). The van der Waals surface area contributed by atoms with Gasteiger partial charge >= 0.3 is 12.1 Å². The Labute approximate surface area is 149 Å². The lowest BCUT2D eigenvalue weighted by atomic mass is 10.2. The Bertz CT molecular complexity index is 923. The van der Waals surface area contributed by atoms with Crippen LogP contribution in [0.25, 0.3) is 0 Å². The van der Waals surface area contributed by atoms with Gasteiger partial charge in [-0.25, -0.2) is 22.7 Å². The number of anilines is 1. The highest BCUT2D eigenvalue weighted by Gasteiger charge is 2.33. The molecule has 1 aromatic heterocycles. The predicted octanol–water partition coefficient (Wildman–Crippen LogP) is 1.69. The van der Waals surface area contributed by atoms with E-state index in [-0.39, 0.29) is 29.5 Å². The Morgan fingerprint density at radius 1 is 1.31 bits per heavy atom. The second-order valence-corrected chi connectivity index (χ2v) is 8.13. The molecule has 9 nitrogen and oxygen atoms in total. The van der Waals surface area contributed by atoms with Crippen LogP contribution in [0.15, 0.2) is 36.5 Å². The summed E-state index contributed by atoms with van der Waals surface area (Å²) in [5.74, 6) is -1.52. The average Bonchev–Trinajstić information content (AvgIpc) is 3.17. The first-order valence-electron chi connectivity index (χ1n) is 7.84. The SMILES string of the molecule is O=C(Nc1c(C(=O)O)cnn1C1CCS(=O)(=O)C1)OCc1ccccc1. The maximum atomic E-state index is 12.1. The third-order valence-corrected chi connectivity index (χ3v) is 5.76. The van der Waals surface area contributed by atoms with Crippen LogP contribution >= 0.6 is 0 Å². The minimum Gasteiger partial charge on any atom is -0.477 e. The van der Waals surface area contributed by atoms with Crippen molar-refractivity contribution in [2.45, 2.75) is 19.1 Å². The first-order valence-corrected chi connectivity index (χ1v) is 9.67. The number of rotatable bonds is 5. The van der Waals surface area contributed by atoms with Crippen molar-refractivity contribution in [2.75, 3.05) is 16.8 Å². The van der Waals surface area contributed by atoms with Gasteiger partial charge in [0.15, 0.2) is 9.84 Å². The van der Waals surface area contributed by atoms with Crippen LogP contribution in [0.2, 0.25) is 0 Å². The number of carbonyl (C=O) groups excluding carboxylic acids is 1. The van der Waals surface area contributed by atoms with E-state index in [2.05, 4.69) is 10.4 Å². The molecular formula is C16H17N3O6S. The number of hydrogen-bond donors (Lipinski definition) is 2. The second-order valence-electron chi connectivity index (χ2n) is 5.90. The number of amides is 1. The maximum Gasteiger partial charge on any atom is 0.413 e. The molecule has 0 saturated carbocycles. The molecule has 0 aliphatic carbocycles. The van der Waals surface area contributed by atoms with Gasteiger partial charge in [-0.3, -0.25) is 5.32 Å². The van der Waals surface area contributed by atoms with Gasteiger partial charge in [-0.2, -0.15) is 5.10 Å². The summed E-state index contributed by atoms with van der Waals surface area (Å²) in [6.45, 7) is 0.0149. The fourth-order valence-electron chi connectivity index (χ4n) is 2.74. The highest BCUT2D eigenvalue weighted by molar-refractivity contribution is 7.91. The number of nitrogens with zero attached hydrogens (tertiary/aromatic N) is 2. The summed E-state index contributed by atoms with van der Waals surface area (Å²) in [6.07, 6.45) is 0.538. The summed E-state index contributed by atoms with van der Waals surface area (Å²) in [7, 11) is -3.20. The van der Waals surface area contributed by atoms with E-state index in [0.29, 0.717) is 6.42 Å². The van der Waals surface area contributed by atoms with Crippen LogP contribution < -0.4 is 5.32 Å². The van der Waals surface area contributed by atoms with Crippen LogP contribution in [0.3, 0.4) is 0 Å². The molecule has 1 aliphatic heterocycles. The molecule has 138 valence electrons. The Morgan fingerprint density at radius 3 is 2.65 bits per heavy atom. The smallest absolute Gasteiger partial charge is 0.413 e. The van der Waals surface area contributed by atoms with E-state index >= 15 is 0 Å². The number of hydrogen-bond acceptors (Lipinski definition) is 6. The third kappa shape index (κ3) is 4.02. The van der Waals surface area contributed by atoms with Crippen LogP contribution in [0.5, 0.6) is 0 Å². The van der Waals surface area contributed by atoms with E-state index < -0.39 is 27.9 Å². The number of carboxylic acids is 1. The first kappa shape index (κ1) is 17.9. The van der Waals surface area contributed by atoms with E-state index in [0.717, 1.165) is 11.8 Å². The number of nitrogens with one attached hydrogen (secondary N) is 1. The lowest BCUT2D eigenvalue weighted by Gasteiger charge is -2.14. The molecule has 10 heteroatoms. The molecule has 1 aliphatic rings. The topological polar surface area (TPSA) is 128 Å². The third-order valence-electron chi connectivity index (χ3n) is 4.01. The van der Waals surface area contributed by atoms with E-state index in [4.69, 9.17) is 4.74 Å². The van der Waals surface area contributed by atoms with Crippen molar-refractivity contribution in [3.05, 3.63) is 47.7 Å². The summed E-state index contributed by atoms with van der Waals surface area (Å²) in [5.41, 5.74) is 0.544. The summed E-state index contributed by atoms with van der Waals surface area (Å²) in [6, 6.07) is 8.46. The van der Waals surface area contributed by atoms with Gasteiger partial charge in [0.05, 0.1) is 23.7 Å². The molecule has 1 amide bonds. The quantitative estimate of drug-likeness (QED) is 0.809. The summed E-state index contributed by atoms with van der Waals surface area (Å²) < 4.78 is 29.7. The van der Waals surface area contributed by atoms with Crippen LogP contribution in [0.1, 0.15) is 28.4 Å². The van der Waals surface area contributed by atoms with Crippen molar-refractivity contribution >= 4 is 27.7 Å². The molecule has 1 atom stereocenters. The number of benzene rings is 1. The van der Waals surface area contributed by atoms with Crippen molar-refractivity contribution in [3.63, 3.8) is 0 Å². The van der Waals surface area contributed by atoms with Crippen molar-refractivity contribution in [1.82, 2.24) is 9.78 Å². The highest BCUT2D eigenvalue weighted by atomic mass is 32.2.